The van der Waals surface area contributed by atoms with Gasteiger partial charge in [-0.05, 0) is 39.7 Å². The average molecular weight is 335 g/mol. The van der Waals surface area contributed by atoms with Gasteiger partial charge in [0.15, 0.2) is 0 Å². The molecule has 1 fully saturated rings. The van der Waals surface area contributed by atoms with E-state index in [4.69, 9.17) is 0 Å². The summed E-state index contributed by atoms with van der Waals surface area (Å²) in [5, 5.41) is 9.79. The Morgan fingerprint density at radius 2 is 1.83 bits per heavy atom. The smallest absolute Gasteiger partial charge is 0.317 e. The number of aromatic nitrogens is 2. The highest BCUT2D eigenvalue weighted by Gasteiger charge is 2.26. The van der Waals surface area contributed by atoms with Crippen LogP contribution in [0, 0.1) is 0 Å². The number of nitrogens with zero attached hydrogens (tertiary/aromatic N) is 3. The molecule has 132 valence electrons. The van der Waals surface area contributed by atoms with Gasteiger partial charge in [-0.2, -0.15) is 5.10 Å². The molecule has 1 aromatic rings. The number of hydrogen-bond acceptors (Lipinski definition) is 4. The van der Waals surface area contributed by atoms with Gasteiger partial charge in [-0.25, -0.2) is 9.48 Å². The molecule has 1 saturated heterocycles. The first kappa shape index (κ1) is 18.0. The Morgan fingerprint density at radius 1 is 1.21 bits per heavy atom. The van der Waals surface area contributed by atoms with Crippen LogP contribution >= 0.6 is 0 Å². The molecule has 8 heteroatoms. The second-order valence-corrected chi connectivity index (χ2v) is 7.10. The molecule has 0 aromatic carbocycles. The number of piperidine rings is 1. The molecule has 1 aromatic heterocycles. The van der Waals surface area contributed by atoms with Crippen molar-refractivity contribution in [3.63, 3.8) is 0 Å². The molecule has 0 radical (unpaired) electrons. The van der Waals surface area contributed by atoms with E-state index in [1.807, 2.05) is 20.8 Å². The van der Waals surface area contributed by atoms with E-state index in [1.165, 1.54) is 19.2 Å². The van der Waals surface area contributed by atoms with E-state index in [9.17, 15) is 14.4 Å². The Bertz CT molecular complexity index is 669. The van der Waals surface area contributed by atoms with Crippen LogP contribution < -0.4 is 16.2 Å². The van der Waals surface area contributed by atoms with Crippen molar-refractivity contribution in [3.8, 4) is 0 Å². The van der Waals surface area contributed by atoms with Crippen molar-refractivity contribution in [2.24, 2.45) is 7.05 Å². The van der Waals surface area contributed by atoms with Crippen molar-refractivity contribution in [1.29, 1.82) is 0 Å². The Labute approximate surface area is 141 Å². The highest BCUT2D eigenvalue weighted by molar-refractivity contribution is 5.92. The molecule has 0 atom stereocenters. The van der Waals surface area contributed by atoms with E-state index in [1.54, 1.807) is 4.90 Å². The second kappa shape index (κ2) is 7.02. The minimum absolute atomic E-state index is 0.00443. The third-order valence-electron chi connectivity index (χ3n) is 3.79. The molecular formula is C16H25N5O3. The first-order valence-corrected chi connectivity index (χ1v) is 8.08. The van der Waals surface area contributed by atoms with E-state index >= 15 is 0 Å². The van der Waals surface area contributed by atoms with Crippen LogP contribution in [-0.4, -0.2) is 51.3 Å². The fourth-order valence-corrected chi connectivity index (χ4v) is 2.51. The largest absolute Gasteiger partial charge is 0.348 e. The number of hydrogen-bond donors (Lipinski definition) is 2. The summed E-state index contributed by atoms with van der Waals surface area (Å²) in [7, 11) is 1.51. The SMILES string of the molecule is Cn1nc(C(=O)NC2CCN(C(=O)NC(C)(C)C)CC2)ccc1=O. The molecule has 0 spiro atoms. The molecule has 1 aliphatic heterocycles. The van der Waals surface area contributed by atoms with Gasteiger partial charge in [-0.1, -0.05) is 0 Å². The molecule has 3 amide bonds. The molecule has 2 heterocycles. The molecule has 0 unspecified atom stereocenters. The molecule has 0 aliphatic carbocycles. The van der Waals surface area contributed by atoms with Gasteiger partial charge >= 0.3 is 6.03 Å². The lowest BCUT2D eigenvalue weighted by atomic mass is 10.0. The monoisotopic (exact) mass is 335 g/mol. The molecule has 0 bridgehead atoms. The number of aryl methyl sites for hydroxylation is 1. The van der Waals surface area contributed by atoms with Crippen LogP contribution in [-0.2, 0) is 7.05 Å². The van der Waals surface area contributed by atoms with Gasteiger partial charge in [-0.3, -0.25) is 9.59 Å². The zero-order valence-corrected chi connectivity index (χ0v) is 14.6. The van der Waals surface area contributed by atoms with Crippen molar-refractivity contribution in [3.05, 3.63) is 28.2 Å². The predicted molar refractivity (Wildman–Crippen MR) is 89.8 cm³/mol. The maximum absolute atomic E-state index is 12.2. The molecular weight excluding hydrogens is 310 g/mol. The molecule has 1 aliphatic rings. The van der Waals surface area contributed by atoms with Crippen LogP contribution in [0.25, 0.3) is 0 Å². The van der Waals surface area contributed by atoms with E-state index in [2.05, 4.69) is 15.7 Å². The summed E-state index contributed by atoms with van der Waals surface area (Å²) in [6.07, 6.45) is 1.38. The van der Waals surface area contributed by atoms with Gasteiger partial charge in [0, 0.05) is 37.8 Å². The molecule has 0 saturated carbocycles. The second-order valence-electron chi connectivity index (χ2n) is 7.10. The zero-order valence-electron chi connectivity index (χ0n) is 14.6. The Balaban J connectivity index is 1.86. The normalized spacial score (nSPS) is 15.9. The molecule has 8 nitrogen and oxygen atoms in total. The van der Waals surface area contributed by atoms with Crippen molar-refractivity contribution in [1.82, 2.24) is 25.3 Å². The number of amides is 3. The van der Waals surface area contributed by atoms with E-state index in [0.29, 0.717) is 25.9 Å². The van der Waals surface area contributed by atoms with Crippen molar-refractivity contribution in [2.45, 2.75) is 45.2 Å². The predicted octanol–water partition coefficient (Wildman–Crippen LogP) is 0.483. The summed E-state index contributed by atoms with van der Waals surface area (Å²) in [4.78, 5) is 37.4. The van der Waals surface area contributed by atoms with Crippen LogP contribution in [0.4, 0.5) is 4.79 Å². The summed E-state index contributed by atoms with van der Waals surface area (Å²) < 4.78 is 1.13. The highest BCUT2D eigenvalue weighted by atomic mass is 16.2. The van der Waals surface area contributed by atoms with Crippen molar-refractivity contribution in [2.75, 3.05) is 13.1 Å². The molecule has 24 heavy (non-hydrogen) atoms. The molecule has 2 rings (SSSR count). The van der Waals surface area contributed by atoms with Crippen LogP contribution in [0.5, 0.6) is 0 Å². The van der Waals surface area contributed by atoms with Crippen LogP contribution in [0.3, 0.4) is 0 Å². The van der Waals surface area contributed by atoms with Crippen molar-refractivity contribution >= 4 is 11.9 Å². The van der Waals surface area contributed by atoms with Crippen LogP contribution in [0.15, 0.2) is 16.9 Å². The van der Waals surface area contributed by atoms with E-state index < -0.39 is 0 Å². The number of carbonyl (C=O) groups is 2. The highest BCUT2D eigenvalue weighted by Crippen LogP contribution is 2.12. The summed E-state index contributed by atoms with van der Waals surface area (Å²) in [6.45, 7) is 7.01. The van der Waals surface area contributed by atoms with Gasteiger partial charge in [0.1, 0.15) is 5.69 Å². The minimum atomic E-state index is -0.303. The minimum Gasteiger partial charge on any atom is -0.348 e. The maximum Gasteiger partial charge on any atom is 0.317 e. The maximum atomic E-state index is 12.2. The standard InChI is InChI=1S/C16H25N5O3/c1-16(2,3)18-15(24)21-9-7-11(8-10-21)17-14(23)12-5-6-13(22)20(4)19-12/h5-6,11H,7-10H2,1-4H3,(H,17,23)(H,18,24). The lowest BCUT2D eigenvalue weighted by Gasteiger charge is -2.34. The number of rotatable bonds is 2. The van der Waals surface area contributed by atoms with Crippen LogP contribution in [0.1, 0.15) is 44.1 Å². The number of likely N-dealkylation sites (tertiary alicyclic amines) is 1. The summed E-state index contributed by atoms with van der Waals surface area (Å²) in [6, 6.07) is 2.66. The summed E-state index contributed by atoms with van der Waals surface area (Å²) >= 11 is 0. The van der Waals surface area contributed by atoms with Gasteiger partial charge in [0.25, 0.3) is 11.5 Å². The zero-order chi connectivity index (χ0) is 17.9. The van der Waals surface area contributed by atoms with Gasteiger partial charge < -0.3 is 15.5 Å². The molecule has 2 N–H and O–H groups in total. The first-order chi connectivity index (χ1) is 11.2. The van der Waals surface area contributed by atoms with Crippen molar-refractivity contribution < 1.29 is 9.59 Å². The Morgan fingerprint density at radius 3 is 2.38 bits per heavy atom. The number of urea groups is 1. The first-order valence-electron chi connectivity index (χ1n) is 8.08. The third kappa shape index (κ3) is 4.81. The fourth-order valence-electron chi connectivity index (χ4n) is 2.51. The lowest BCUT2D eigenvalue weighted by molar-refractivity contribution is 0.0910. The Hall–Kier alpha value is -2.38. The van der Waals surface area contributed by atoms with Gasteiger partial charge in [0.2, 0.25) is 0 Å². The topological polar surface area (TPSA) is 96.3 Å². The third-order valence-corrected chi connectivity index (χ3v) is 3.79. The lowest BCUT2D eigenvalue weighted by Crippen LogP contribution is -2.53. The quantitative estimate of drug-likeness (QED) is 0.822. The summed E-state index contributed by atoms with van der Waals surface area (Å²) in [5.41, 5.74) is -0.313. The summed E-state index contributed by atoms with van der Waals surface area (Å²) in [5.74, 6) is -0.303. The fraction of sp³-hybridized carbons (Fsp3) is 0.625. The number of carbonyl (C=O) groups excluding carboxylic acids is 2. The van der Waals surface area contributed by atoms with E-state index in [0.717, 1.165) is 4.68 Å². The van der Waals surface area contributed by atoms with E-state index in [-0.39, 0.29) is 34.8 Å². The number of nitrogens with one attached hydrogen (secondary N) is 2. The van der Waals surface area contributed by atoms with Gasteiger partial charge in [0.05, 0.1) is 0 Å². The average Bonchev–Trinajstić information content (AvgIpc) is 2.49. The Kier molecular flexibility index (Phi) is 5.26. The van der Waals surface area contributed by atoms with Crippen LogP contribution in [0.2, 0.25) is 0 Å². The van der Waals surface area contributed by atoms with Gasteiger partial charge in [-0.15, -0.1) is 0 Å².